The Kier molecular flexibility index (Phi) is 3.83. The van der Waals surface area contributed by atoms with E-state index in [-0.39, 0.29) is 5.91 Å². The summed E-state index contributed by atoms with van der Waals surface area (Å²) < 4.78 is 5.41. The molecule has 7 nitrogen and oxygen atoms in total. The Morgan fingerprint density at radius 3 is 2.89 bits per heavy atom. The number of aromatic nitrogens is 2. The highest BCUT2D eigenvalue weighted by molar-refractivity contribution is 5.99. The SMILES string of the molecule is N#Cc1cc(-c2nc(-c3ccc4c(c3)NC(=O)C4)no2)ccc1NCC1CC1. The topological polar surface area (TPSA) is 104 Å². The first-order valence-electron chi connectivity index (χ1n) is 9.25. The van der Waals surface area contributed by atoms with Crippen molar-refractivity contribution in [2.24, 2.45) is 5.92 Å². The summed E-state index contributed by atoms with van der Waals surface area (Å²) in [7, 11) is 0. The van der Waals surface area contributed by atoms with Gasteiger partial charge in [0.15, 0.2) is 0 Å². The van der Waals surface area contributed by atoms with Crippen molar-refractivity contribution in [1.82, 2.24) is 10.1 Å². The lowest BCUT2D eigenvalue weighted by Gasteiger charge is -2.08. The Morgan fingerprint density at radius 2 is 2.07 bits per heavy atom. The molecule has 2 heterocycles. The van der Waals surface area contributed by atoms with Gasteiger partial charge >= 0.3 is 0 Å². The molecule has 1 saturated carbocycles. The molecule has 2 aromatic carbocycles. The third-order valence-corrected chi connectivity index (χ3v) is 5.08. The molecule has 1 fully saturated rings. The Morgan fingerprint density at radius 1 is 1.21 bits per heavy atom. The van der Waals surface area contributed by atoms with Crippen LogP contribution in [0.15, 0.2) is 40.9 Å². The van der Waals surface area contributed by atoms with E-state index in [1.807, 2.05) is 30.3 Å². The van der Waals surface area contributed by atoms with Crippen LogP contribution >= 0.6 is 0 Å². The number of benzene rings is 2. The van der Waals surface area contributed by atoms with Crippen LogP contribution in [0, 0.1) is 17.2 Å². The largest absolute Gasteiger partial charge is 0.384 e. The first-order chi connectivity index (χ1) is 13.7. The molecular formula is C21H17N5O2. The number of nitrogens with one attached hydrogen (secondary N) is 2. The maximum atomic E-state index is 11.5. The number of hydrogen-bond donors (Lipinski definition) is 2. The molecule has 1 aliphatic carbocycles. The second-order valence-corrected chi connectivity index (χ2v) is 7.22. The van der Waals surface area contributed by atoms with Crippen LogP contribution in [0.4, 0.5) is 11.4 Å². The van der Waals surface area contributed by atoms with Crippen LogP contribution in [0.2, 0.25) is 0 Å². The van der Waals surface area contributed by atoms with Gasteiger partial charge in [0.2, 0.25) is 11.7 Å². The summed E-state index contributed by atoms with van der Waals surface area (Å²) in [6, 6.07) is 13.4. The van der Waals surface area contributed by atoms with Crippen molar-refractivity contribution < 1.29 is 9.32 Å². The van der Waals surface area contributed by atoms with Crippen molar-refractivity contribution >= 4 is 17.3 Å². The van der Waals surface area contributed by atoms with E-state index in [0.717, 1.165) is 35.0 Å². The zero-order valence-electron chi connectivity index (χ0n) is 15.0. The number of fused-ring (bicyclic) bond motifs is 1. The van der Waals surface area contributed by atoms with Gasteiger partial charge in [-0.15, -0.1) is 0 Å². The lowest BCUT2D eigenvalue weighted by atomic mass is 10.1. The molecule has 138 valence electrons. The lowest BCUT2D eigenvalue weighted by molar-refractivity contribution is -0.115. The van der Waals surface area contributed by atoms with Crippen LogP contribution in [0.25, 0.3) is 22.8 Å². The highest BCUT2D eigenvalue weighted by atomic mass is 16.5. The van der Waals surface area contributed by atoms with E-state index in [4.69, 9.17) is 4.52 Å². The Bertz CT molecular complexity index is 1120. The molecule has 1 amide bonds. The molecule has 5 rings (SSSR count). The number of amides is 1. The Labute approximate surface area is 161 Å². The molecule has 0 unspecified atom stereocenters. The molecule has 7 heteroatoms. The van der Waals surface area contributed by atoms with E-state index in [1.165, 1.54) is 12.8 Å². The van der Waals surface area contributed by atoms with Crippen LogP contribution < -0.4 is 10.6 Å². The highest BCUT2D eigenvalue weighted by Crippen LogP contribution is 2.32. The summed E-state index contributed by atoms with van der Waals surface area (Å²) in [6.45, 7) is 0.896. The molecule has 2 aliphatic rings. The number of carbonyl (C=O) groups excluding carboxylic acids is 1. The van der Waals surface area contributed by atoms with E-state index in [1.54, 1.807) is 6.07 Å². The molecule has 0 spiro atoms. The standard InChI is InChI=1S/C21H17N5O2/c22-10-16-7-15(5-6-17(16)23-11-12-1-2-12)21-25-20(26-28-21)14-4-3-13-9-19(27)24-18(13)8-14/h3-8,12,23H,1-2,9,11H2,(H,24,27). The van der Waals surface area contributed by atoms with Gasteiger partial charge in [0.25, 0.3) is 5.89 Å². The molecule has 0 radical (unpaired) electrons. The second kappa shape index (κ2) is 6.50. The third-order valence-electron chi connectivity index (χ3n) is 5.08. The summed E-state index contributed by atoms with van der Waals surface area (Å²) in [5, 5.41) is 19.7. The quantitative estimate of drug-likeness (QED) is 0.710. The normalized spacial score (nSPS) is 15.0. The molecule has 3 aromatic rings. The summed E-state index contributed by atoms with van der Waals surface area (Å²) in [6.07, 6.45) is 2.90. The number of rotatable bonds is 5. The Balaban J connectivity index is 1.41. The van der Waals surface area contributed by atoms with Crippen LogP contribution in [-0.4, -0.2) is 22.6 Å². The highest BCUT2D eigenvalue weighted by Gasteiger charge is 2.22. The summed E-state index contributed by atoms with van der Waals surface area (Å²) >= 11 is 0. The zero-order chi connectivity index (χ0) is 19.1. The van der Waals surface area contributed by atoms with Gasteiger partial charge in [0.05, 0.1) is 17.7 Å². The lowest BCUT2D eigenvalue weighted by Crippen LogP contribution is -2.04. The summed E-state index contributed by atoms with van der Waals surface area (Å²) in [5.41, 5.74) is 4.59. The smallest absolute Gasteiger partial charge is 0.258 e. The fourth-order valence-electron chi connectivity index (χ4n) is 3.31. The van der Waals surface area contributed by atoms with Crippen molar-refractivity contribution in [3.63, 3.8) is 0 Å². The molecule has 0 bridgehead atoms. The molecule has 1 aromatic heterocycles. The minimum atomic E-state index is -0.0135. The number of anilines is 2. The average Bonchev–Trinajstić information content (AvgIpc) is 3.26. The van der Waals surface area contributed by atoms with Crippen molar-refractivity contribution in [2.75, 3.05) is 17.2 Å². The van der Waals surface area contributed by atoms with Gasteiger partial charge < -0.3 is 15.2 Å². The van der Waals surface area contributed by atoms with Gasteiger partial charge in [0.1, 0.15) is 6.07 Å². The molecule has 28 heavy (non-hydrogen) atoms. The van der Waals surface area contributed by atoms with Crippen molar-refractivity contribution in [3.8, 4) is 28.9 Å². The first kappa shape index (κ1) is 16.5. The monoisotopic (exact) mass is 371 g/mol. The van der Waals surface area contributed by atoms with E-state index in [2.05, 4.69) is 26.8 Å². The zero-order valence-corrected chi connectivity index (χ0v) is 15.0. The molecule has 0 saturated heterocycles. The fraction of sp³-hybridized carbons (Fsp3) is 0.238. The van der Waals surface area contributed by atoms with Gasteiger partial charge in [-0.2, -0.15) is 10.2 Å². The molecular weight excluding hydrogens is 354 g/mol. The van der Waals surface area contributed by atoms with Gasteiger partial charge in [-0.1, -0.05) is 17.3 Å². The minimum absolute atomic E-state index is 0.0135. The van der Waals surface area contributed by atoms with Crippen LogP contribution in [-0.2, 0) is 11.2 Å². The molecule has 0 atom stereocenters. The maximum Gasteiger partial charge on any atom is 0.258 e. The molecule has 1 aliphatic heterocycles. The average molecular weight is 371 g/mol. The van der Waals surface area contributed by atoms with Gasteiger partial charge in [-0.25, -0.2) is 0 Å². The number of hydrogen-bond acceptors (Lipinski definition) is 6. The van der Waals surface area contributed by atoms with Crippen molar-refractivity contribution in [2.45, 2.75) is 19.3 Å². The third kappa shape index (κ3) is 3.09. The van der Waals surface area contributed by atoms with Gasteiger partial charge in [0, 0.05) is 23.4 Å². The number of carbonyl (C=O) groups is 1. The predicted molar refractivity (Wildman–Crippen MR) is 103 cm³/mol. The van der Waals surface area contributed by atoms with Crippen molar-refractivity contribution in [1.29, 1.82) is 5.26 Å². The van der Waals surface area contributed by atoms with E-state index in [0.29, 0.717) is 29.3 Å². The number of nitriles is 1. The molecule has 2 N–H and O–H groups in total. The first-order valence-corrected chi connectivity index (χ1v) is 9.25. The van der Waals surface area contributed by atoms with Crippen LogP contribution in [0.5, 0.6) is 0 Å². The second-order valence-electron chi connectivity index (χ2n) is 7.22. The van der Waals surface area contributed by atoms with E-state index in [9.17, 15) is 10.1 Å². The van der Waals surface area contributed by atoms with E-state index < -0.39 is 0 Å². The van der Waals surface area contributed by atoms with E-state index >= 15 is 0 Å². The van der Waals surface area contributed by atoms with Crippen LogP contribution in [0.1, 0.15) is 24.0 Å². The van der Waals surface area contributed by atoms with Gasteiger partial charge in [-0.3, -0.25) is 4.79 Å². The summed E-state index contributed by atoms with van der Waals surface area (Å²) in [5.74, 6) is 1.50. The van der Waals surface area contributed by atoms with Gasteiger partial charge in [-0.05, 0) is 48.6 Å². The summed E-state index contributed by atoms with van der Waals surface area (Å²) in [4.78, 5) is 16.0. The minimum Gasteiger partial charge on any atom is -0.384 e. The predicted octanol–water partition coefficient (Wildman–Crippen LogP) is 3.59. The maximum absolute atomic E-state index is 11.5. The Hall–Kier alpha value is -3.66. The number of nitrogens with zero attached hydrogens (tertiary/aromatic N) is 3. The van der Waals surface area contributed by atoms with Crippen LogP contribution in [0.3, 0.4) is 0 Å². The van der Waals surface area contributed by atoms with Crippen molar-refractivity contribution in [3.05, 3.63) is 47.5 Å². The fourth-order valence-corrected chi connectivity index (χ4v) is 3.31.